The number of methoxy groups -OCH3 is 1. The first-order valence-corrected chi connectivity index (χ1v) is 7.31. The predicted octanol–water partition coefficient (Wildman–Crippen LogP) is 3.38. The van der Waals surface area contributed by atoms with E-state index in [2.05, 4.69) is 5.32 Å². The fraction of sp³-hybridized carbons (Fsp3) is 0.278. The lowest BCUT2D eigenvalue weighted by atomic mass is 9.93. The van der Waals surface area contributed by atoms with E-state index >= 15 is 0 Å². The van der Waals surface area contributed by atoms with E-state index in [-0.39, 0.29) is 11.7 Å². The van der Waals surface area contributed by atoms with E-state index in [0.29, 0.717) is 0 Å². The van der Waals surface area contributed by atoms with Crippen LogP contribution in [0.15, 0.2) is 42.5 Å². The monoisotopic (exact) mass is 297 g/mol. The molecule has 0 heterocycles. The van der Waals surface area contributed by atoms with Crippen molar-refractivity contribution < 1.29 is 14.6 Å². The SMILES string of the molecule is COc1ccccc1C1(C(=O)Nc2ccc(O)cc2C)CC1. The fourth-order valence-electron chi connectivity index (χ4n) is 2.81. The molecule has 0 spiro atoms. The van der Waals surface area contributed by atoms with Gasteiger partial charge in [0.1, 0.15) is 11.5 Å². The third kappa shape index (κ3) is 2.41. The van der Waals surface area contributed by atoms with E-state index in [0.717, 1.165) is 35.4 Å². The molecule has 2 aromatic rings. The van der Waals surface area contributed by atoms with E-state index in [1.165, 1.54) is 0 Å². The van der Waals surface area contributed by atoms with Crippen molar-refractivity contribution in [1.82, 2.24) is 0 Å². The number of aromatic hydroxyl groups is 1. The molecule has 1 aliphatic rings. The molecular weight excluding hydrogens is 278 g/mol. The second-order valence-corrected chi connectivity index (χ2v) is 5.74. The minimum Gasteiger partial charge on any atom is -0.508 e. The summed E-state index contributed by atoms with van der Waals surface area (Å²) < 4.78 is 5.40. The maximum absolute atomic E-state index is 12.8. The van der Waals surface area contributed by atoms with Crippen LogP contribution >= 0.6 is 0 Å². The van der Waals surface area contributed by atoms with Gasteiger partial charge in [-0.15, -0.1) is 0 Å². The van der Waals surface area contributed by atoms with Crippen molar-refractivity contribution in [2.45, 2.75) is 25.2 Å². The van der Waals surface area contributed by atoms with Gasteiger partial charge in [-0.3, -0.25) is 4.79 Å². The number of phenols is 1. The average molecular weight is 297 g/mol. The Morgan fingerprint density at radius 3 is 2.59 bits per heavy atom. The van der Waals surface area contributed by atoms with Gasteiger partial charge in [0.15, 0.2) is 0 Å². The highest BCUT2D eigenvalue weighted by Gasteiger charge is 2.52. The Morgan fingerprint density at radius 2 is 1.95 bits per heavy atom. The normalized spacial score (nSPS) is 15.2. The summed E-state index contributed by atoms with van der Waals surface area (Å²) in [5, 5.41) is 12.4. The highest BCUT2D eigenvalue weighted by Crippen LogP contribution is 2.52. The summed E-state index contributed by atoms with van der Waals surface area (Å²) in [4.78, 5) is 12.8. The van der Waals surface area contributed by atoms with Crippen LogP contribution in [0.4, 0.5) is 5.69 Å². The topological polar surface area (TPSA) is 58.6 Å². The number of ether oxygens (including phenoxy) is 1. The zero-order valence-electron chi connectivity index (χ0n) is 12.7. The van der Waals surface area contributed by atoms with Crippen molar-refractivity contribution in [3.05, 3.63) is 53.6 Å². The summed E-state index contributed by atoms with van der Waals surface area (Å²) in [7, 11) is 1.62. The standard InChI is InChI=1S/C18H19NO3/c1-12-11-13(20)7-8-15(12)19-17(21)18(9-10-18)14-5-3-4-6-16(14)22-2/h3-8,11,20H,9-10H2,1-2H3,(H,19,21). The van der Waals surface area contributed by atoms with Crippen LogP contribution in [0.1, 0.15) is 24.0 Å². The number of hydrogen-bond acceptors (Lipinski definition) is 3. The second-order valence-electron chi connectivity index (χ2n) is 5.74. The Kier molecular flexibility index (Phi) is 3.53. The maximum Gasteiger partial charge on any atom is 0.235 e. The highest BCUT2D eigenvalue weighted by atomic mass is 16.5. The quantitative estimate of drug-likeness (QED) is 0.851. The number of carbonyl (C=O) groups is 1. The Morgan fingerprint density at radius 1 is 1.23 bits per heavy atom. The molecule has 0 radical (unpaired) electrons. The summed E-state index contributed by atoms with van der Waals surface area (Å²) in [6.07, 6.45) is 1.63. The Hall–Kier alpha value is -2.49. The van der Waals surface area contributed by atoms with Crippen LogP contribution in [0.2, 0.25) is 0 Å². The van der Waals surface area contributed by atoms with Crippen LogP contribution in [-0.2, 0) is 10.2 Å². The number of amides is 1. The molecule has 1 saturated carbocycles. The molecule has 0 bridgehead atoms. The van der Waals surface area contributed by atoms with Crippen molar-refractivity contribution >= 4 is 11.6 Å². The number of aryl methyl sites for hydroxylation is 1. The first-order valence-electron chi connectivity index (χ1n) is 7.31. The van der Waals surface area contributed by atoms with E-state index < -0.39 is 5.41 Å². The van der Waals surface area contributed by atoms with Crippen molar-refractivity contribution in [2.75, 3.05) is 12.4 Å². The summed E-state index contributed by atoms with van der Waals surface area (Å²) >= 11 is 0. The number of rotatable bonds is 4. The summed E-state index contributed by atoms with van der Waals surface area (Å²) in [6, 6.07) is 12.6. The molecule has 1 fully saturated rings. The molecule has 0 aliphatic heterocycles. The van der Waals surface area contributed by atoms with Gasteiger partial charge in [-0.25, -0.2) is 0 Å². The number of nitrogens with one attached hydrogen (secondary N) is 1. The number of carbonyl (C=O) groups excluding carboxylic acids is 1. The molecule has 0 aromatic heterocycles. The fourth-order valence-corrected chi connectivity index (χ4v) is 2.81. The lowest BCUT2D eigenvalue weighted by Crippen LogP contribution is -2.28. The number of benzene rings is 2. The van der Waals surface area contributed by atoms with Crippen LogP contribution in [0.3, 0.4) is 0 Å². The largest absolute Gasteiger partial charge is 0.508 e. The van der Waals surface area contributed by atoms with Gasteiger partial charge >= 0.3 is 0 Å². The van der Waals surface area contributed by atoms with Crippen LogP contribution in [0.25, 0.3) is 0 Å². The molecular formula is C18H19NO3. The highest BCUT2D eigenvalue weighted by molar-refractivity contribution is 6.02. The minimum atomic E-state index is -0.503. The summed E-state index contributed by atoms with van der Waals surface area (Å²) in [5.41, 5.74) is 2.00. The smallest absolute Gasteiger partial charge is 0.235 e. The Bertz CT molecular complexity index is 720. The Balaban J connectivity index is 1.88. The predicted molar refractivity (Wildman–Crippen MR) is 85.4 cm³/mol. The van der Waals surface area contributed by atoms with Crippen LogP contribution in [-0.4, -0.2) is 18.1 Å². The van der Waals surface area contributed by atoms with Crippen molar-refractivity contribution in [3.63, 3.8) is 0 Å². The van der Waals surface area contributed by atoms with Crippen molar-refractivity contribution in [3.8, 4) is 11.5 Å². The minimum absolute atomic E-state index is 0.0224. The Labute approximate surface area is 129 Å². The van der Waals surface area contributed by atoms with Crippen LogP contribution < -0.4 is 10.1 Å². The third-order valence-corrected chi connectivity index (χ3v) is 4.27. The van der Waals surface area contributed by atoms with Gasteiger partial charge < -0.3 is 15.2 Å². The molecule has 1 amide bonds. The van der Waals surface area contributed by atoms with Gasteiger partial charge in [-0.1, -0.05) is 18.2 Å². The first kappa shape index (κ1) is 14.4. The molecule has 4 nitrogen and oxygen atoms in total. The summed E-state index contributed by atoms with van der Waals surface area (Å²) in [6.45, 7) is 1.86. The van der Waals surface area contributed by atoms with Crippen LogP contribution in [0, 0.1) is 6.92 Å². The zero-order chi connectivity index (χ0) is 15.7. The van der Waals surface area contributed by atoms with Gasteiger partial charge in [0, 0.05) is 11.3 Å². The van der Waals surface area contributed by atoms with E-state index in [1.807, 2.05) is 31.2 Å². The molecule has 3 rings (SSSR count). The second kappa shape index (κ2) is 5.37. The van der Waals surface area contributed by atoms with Crippen LogP contribution in [0.5, 0.6) is 11.5 Å². The maximum atomic E-state index is 12.8. The molecule has 1 aliphatic carbocycles. The first-order chi connectivity index (χ1) is 10.6. The summed E-state index contributed by atoms with van der Waals surface area (Å²) in [5.74, 6) is 0.921. The van der Waals surface area contributed by atoms with E-state index in [9.17, 15) is 9.90 Å². The van der Waals surface area contributed by atoms with Crippen molar-refractivity contribution in [2.24, 2.45) is 0 Å². The van der Waals surface area contributed by atoms with E-state index in [1.54, 1.807) is 25.3 Å². The lowest BCUT2D eigenvalue weighted by Gasteiger charge is -2.19. The molecule has 22 heavy (non-hydrogen) atoms. The average Bonchev–Trinajstić information content (AvgIpc) is 3.31. The molecule has 2 N–H and O–H groups in total. The molecule has 2 aromatic carbocycles. The molecule has 0 unspecified atom stereocenters. The van der Waals surface area contributed by atoms with Crippen molar-refractivity contribution in [1.29, 1.82) is 0 Å². The number of hydrogen-bond donors (Lipinski definition) is 2. The van der Waals surface area contributed by atoms with Gasteiger partial charge in [-0.05, 0) is 49.6 Å². The zero-order valence-corrected chi connectivity index (χ0v) is 12.7. The van der Waals surface area contributed by atoms with Gasteiger partial charge in [0.2, 0.25) is 5.91 Å². The third-order valence-electron chi connectivity index (χ3n) is 4.27. The molecule has 0 saturated heterocycles. The molecule has 114 valence electrons. The van der Waals surface area contributed by atoms with Gasteiger partial charge in [0.25, 0.3) is 0 Å². The van der Waals surface area contributed by atoms with E-state index in [4.69, 9.17) is 4.74 Å². The number of para-hydroxylation sites is 1. The van der Waals surface area contributed by atoms with Gasteiger partial charge in [-0.2, -0.15) is 0 Å². The molecule has 4 heteroatoms. The lowest BCUT2D eigenvalue weighted by molar-refractivity contribution is -0.118. The van der Waals surface area contributed by atoms with Gasteiger partial charge in [0.05, 0.1) is 12.5 Å². The molecule has 0 atom stereocenters. The number of anilines is 1. The number of phenolic OH excluding ortho intramolecular Hbond substituents is 1.